The van der Waals surface area contributed by atoms with Gasteiger partial charge in [-0.1, -0.05) is 54.6 Å². The van der Waals surface area contributed by atoms with Crippen molar-refractivity contribution in [3.63, 3.8) is 0 Å². The molecule has 1 amide bonds. The zero-order valence-corrected chi connectivity index (χ0v) is 14.7. The maximum absolute atomic E-state index is 12.0. The third-order valence-electron chi connectivity index (χ3n) is 3.87. The molecule has 1 N–H and O–H groups in total. The number of carbonyl (C=O) groups excluding carboxylic acids is 1. The van der Waals surface area contributed by atoms with Gasteiger partial charge in [0.2, 0.25) is 5.91 Å². The number of rotatable bonds is 8. The van der Waals surface area contributed by atoms with Crippen LogP contribution in [0.4, 0.5) is 0 Å². The topological polar surface area (TPSA) is 29.1 Å². The Labute approximate surface area is 143 Å². The molecule has 0 aromatic heterocycles. The predicted octanol–water partition coefficient (Wildman–Crippen LogP) is 4.37. The molecular formula is C20H25NOS. The third kappa shape index (κ3) is 6.49. The van der Waals surface area contributed by atoms with Crippen LogP contribution in [0.25, 0.3) is 0 Å². The Bertz CT molecular complexity index is 612. The molecule has 122 valence electrons. The Kier molecular flexibility index (Phi) is 7.21. The minimum Gasteiger partial charge on any atom is -0.353 e. The van der Waals surface area contributed by atoms with Gasteiger partial charge in [0.15, 0.2) is 0 Å². The molecule has 23 heavy (non-hydrogen) atoms. The standard InChI is InChI=1S/C20H25NOS/c1-16-8-6-7-11-19(16)14-23-15-20(22)21-17(2)12-13-18-9-4-3-5-10-18/h3-11,17H,12-15H2,1-2H3,(H,21,22)/t17-/m1/s1. The van der Waals surface area contributed by atoms with Gasteiger partial charge in [0.1, 0.15) is 0 Å². The van der Waals surface area contributed by atoms with Crippen molar-refractivity contribution in [3.05, 3.63) is 71.3 Å². The second kappa shape index (κ2) is 9.41. The molecule has 0 heterocycles. The van der Waals surface area contributed by atoms with Gasteiger partial charge in [-0.15, -0.1) is 11.8 Å². The maximum atomic E-state index is 12.0. The van der Waals surface area contributed by atoms with Crippen LogP contribution < -0.4 is 5.32 Å². The lowest BCUT2D eigenvalue weighted by molar-refractivity contribution is -0.119. The van der Waals surface area contributed by atoms with Crippen molar-refractivity contribution in [1.29, 1.82) is 0 Å². The minimum atomic E-state index is 0.129. The molecule has 0 bridgehead atoms. The van der Waals surface area contributed by atoms with Gasteiger partial charge in [-0.05, 0) is 43.4 Å². The summed E-state index contributed by atoms with van der Waals surface area (Å²) in [6.45, 7) is 4.19. The first-order chi connectivity index (χ1) is 11.1. The van der Waals surface area contributed by atoms with E-state index in [2.05, 4.69) is 61.6 Å². The maximum Gasteiger partial charge on any atom is 0.230 e. The molecule has 0 unspecified atom stereocenters. The molecule has 0 fully saturated rings. The second-order valence-electron chi connectivity index (χ2n) is 5.91. The molecule has 0 aliphatic rings. The van der Waals surface area contributed by atoms with E-state index in [1.807, 2.05) is 12.1 Å². The molecule has 0 aliphatic carbocycles. The highest BCUT2D eigenvalue weighted by Crippen LogP contribution is 2.15. The Morgan fingerprint density at radius 2 is 1.78 bits per heavy atom. The molecule has 2 rings (SSSR count). The van der Waals surface area contributed by atoms with E-state index in [9.17, 15) is 4.79 Å². The fraction of sp³-hybridized carbons (Fsp3) is 0.350. The summed E-state index contributed by atoms with van der Waals surface area (Å²) < 4.78 is 0. The van der Waals surface area contributed by atoms with E-state index in [1.54, 1.807) is 11.8 Å². The zero-order valence-electron chi connectivity index (χ0n) is 13.9. The van der Waals surface area contributed by atoms with Crippen molar-refractivity contribution in [2.45, 2.75) is 38.5 Å². The molecule has 2 nitrogen and oxygen atoms in total. The van der Waals surface area contributed by atoms with E-state index in [4.69, 9.17) is 0 Å². The summed E-state index contributed by atoms with van der Waals surface area (Å²) in [7, 11) is 0. The zero-order chi connectivity index (χ0) is 16.5. The quantitative estimate of drug-likeness (QED) is 0.780. The van der Waals surface area contributed by atoms with Crippen LogP contribution in [0.5, 0.6) is 0 Å². The Morgan fingerprint density at radius 3 is 2.52 bits per heavy atom. The van der Waals surface area contributed by atoms with Crippen molar-refractivity contribution in [2.24, 2.45) is 0 Å². The molecule has 1 atom stereocenters. The molecule has 0 saturated heterocycles. The Morgan fingerprint density at radius 1 is 1.09 bits per heavy atom. The summed E-state index contributed by atoms with van der Waals surface area (Å²) in [5.74, 6) is 1.53. The van der Waals surface area contributed by atoms with Gasteiger partial charge in [0.25, 0.3) is 0 Å². The van der Waals surface area contributed by atoms with E-state index in [-0.39, 0.29) is 11.9 Å². The number of amides is 1. The lowest BCUT2D eigenvalue weighted by Crippen LogP contribution is -2.34. The van der Waals surface area contributed by atoms with Crippen LogP contribution in [-0.4, -0.2) is 17.7 Å². The highest BCUT2D eigenvalue weighted by Gasteiger charge is 2.08. The van der Waals surface area contributed by atoms with Gasteiger partial charge in [0.05, 0.1) is 5.75 Å². The molecule has 0 spiro atoms. The monoisotopic (exact) mass is 327 g/mol. The van der Waals surface area contributed by atoms with Gasteiger partial charge < -0.3 is 5.32 Å². The highest BCUT2D eigenvalue weighted by atomic mass is 32.2. The van der Waals surface area contributed by atoms with Gasteiger partial charge in [-0.25, -0.2) is 0 Å². The number of hydrogen-bond donors (Lipinski definition) is 1. The summed E-state index contributed by atoms with van der Waals surface area (Å²) in [6.07, 6.45) is 1.97. The van der Waals surface area contributed by atoms with Crippen molar-refractivity contribution < 1.29 is 4.79 Å². The van der Waals surface area contributed by atoms with Gasteiger partial charge in [-0.3, -0.25) is 4.79 Å². The van der Waals surface area contributed by atoms with Gasteiger partial charge in [-0.2, -0.15) is 0 Å². The van der Waals surface area contributed by atoms with Crippen LogP contribution in [-0.2, 0) is 17.0 Å². The van der Waals surface area contributed by atoms with Gasteiger partial charge >= 0.3 is 0 Å². The lowest BCUT2D eigenvalue weighted by Gasteiger charge is -2.14. The summed E-state index contributed by atoms with van der Waals surface area (Å²) >= 11 is 1.67. The van der Waals surface area contributed by atoms with Crippen LogP contribution >= 0.6 is 11.8 Å². The molecule has 2 aromatic rings. The summed E-state index contributed by atoms with van der Waals surface area (Å²) in [5, 5.41) is 3.09. The number of thioether (sulfide) groups is 1. The number of nitrogens with one attached hydrogen (secondary N) is 1. The molecule has 2 aromatic carbocycles. The minimum absolute atomic E-state index is 0.129. The van der Waals surface area contributed by atoms with Crippen molar-refractivity contribution >= 4 is 17.7 Å². The Balaban J connectivity index is 1.65. The SMILES string of the molecule is Cc1ccccc1CSCC(=O)N[C@H](C)CCc1ccccc1. The van der Waals surface area contributed by atoms with Crippen LogP contribution in [0, 0.1) is 6.92 Å². The molecule has 0 aliphatic heterocycles. The van der Waals surface area contributed by atoms with Crippen LogP contribution in [0.1, 0.15) is 30.0 Å². The van der Waals surface area contributed by atoms with E-state index < -0.39 is 0 Å². The first-order valence-electron chi connectivity index (χ1n) is 8.10. The van der Waals surface area contributed by atoms with Crippen molar-refractivity contribution in [1.82, 2.24) is 5.32 Å². The van der Waals surface area contributed by atoms with Crippen molar-refractivity contribution in [3.8, 4) is 0 Å². The third-order valence-corrected chi connectivity index (χ3v) is 4.85. The smallest absolute Gasteiger partial charge is 0.230 e. The second-order valence-corrected chi connectivity index (χ2v) is 6.90. The molecule has 0 radical (unpaired) electrons. The predicted molar refractivity (Wildman–Crippen MR) is 99.7 cm³/mol. The Hall–Kier alpha value is -1.74. The number of benzene rings is 2. The summed E-state index contributed by atoms with van der Waals surface area (Å²) in [4.78, 5) is 12.0. The first kappa shape index (κ1) is 17.6. The normalized spacial score (nSPS) is 11.9. The van der Waals surface area contributed by atoms with Gasteiger partial charge in [0, 0.05) is 11.8 Å². The van der Waals surface area contributed by atoms with Crippen molar-refractivity contribution in [2.75, 3.05) is 5.75 Å². The largest absolute Gasteiger partial charge is 0.353 e. The number of hydrogen-bond acceptors (Lipinski definition) is 2. The van der Waals surface area contributed by atoms with Crippen LogP contribution in [0.3, 0.4) is 0 Å². The van der Waals surface area contributed by atoms with E-state index in [1.165, 1.54) is 16.7 Å². The van der Waals surface area contributed by atoms with Crippen LogP contribution in [0.2, 0.25) is 0 Å². The first-order valence-corrected chi connectivity index (χ1v) is 9.26. The number of aryl methyl sites for hydroxylation is 2. The molecule has 0 saturated carbocycles. The van der Waals surface area contributed by atoms with E-state index in [0.717, 1.165) is 18.6 Å². The fourth-order valence-corrected chi connectivity index (χ4v) is 3.36. The van der Waals surface area contributed by atoms with E-state index >= 15 is 0 Å². The average Bonchev–Trinajstić information content (AvgIpc) is 2.56. The van der Waals surface area contributed by atoms with Crippen LogP contribution in [0.15, 0.2) is 54.6 Å². The lowest BCUT2D eigenvalue weighted by atomic mass is 10.1. The summed E-state index contributed by atoms with van der Waals surface area (Å²) in [6, 6.07) is 19.0. The fourth-order valence-electron chi connectivity index (χ4n) is 2.44. The molecular weight excluding hydrogens is 302 g/mol. The summed E-state index contributed by atoms with van der Waals surface area (Å²) in [5.41, 5.74) is 3.92. The van der Waals surface area contributed by atoms with E-state index in [0.29, 0.717) is 5.75 Å². The average molecular weight is 327 g/mol. The molecule has 3 heteroatoms. The highest BCUT2D eigenvalue weighted by molar-refractivity contribution is 7.99. The number of carbonyl (C=O) groups is 1.